The summed E-state index contributed by atoms with van der Waals surface area (Å²) >= 11 is 0. The number of anilines is 1. The van der Waals surface area contributed by atoms with Crippen LogP contribution in [0.3, 0.4) is 0 Å². The van der Waals surface area contributed by atoms with E-state index in [2.05, 4.69) is 31.3 Å². The van der Waals surface area contributed by atoms with Crippen LogP contribution < -0.4 is 9.62 Å². The third kappa shape index (κ3) is 3.41. The quantitative estimate of drug-likeness (QED) is 0.856. The van der Waals surface area contributed by atoms with Gasteiger partial charge < -0.3 is 5.32 Å². The maximum atomic E-state index is 12.9. The van der Waals surface area contributed by atoms with Crippen LogP contribution in [0.25, 0.3) is 0 Å². The number of nitrogens with one attached hydrogen (secondary N) is 1. The van der Waals surface area contributed by atoms with Gasteiger partial charge in [0, 0.05) is 12.1 Å². The fraction of sp³-hybridized carbons (Fsp3) is 0.409. The lowest BCUT2D eigenvalue weighted by Crippen LogP contribution is -2.35. The molecule has 148 valence electrons. The fourth-order valence-corrected chi connectivity index (χ4v) is 5.89. The van der Waals surface area contributed by atoms with Crippen molar-refractivity contribution in [2.24, 2.45) is 0 Å². The van der Waals surface area contributed by atoms with E-state index in [1.165, 1.54) is 15.4 Å². The average Bonchev–Trinajstić information content (AvgIpc) is 3.03. The zero-order valence-electron chi connectivity index (χ0n) is 16.3. The van der Waals surface area contributed by atoms with E-state index in [1.807, 2.05) is 12.1 Å². The summed E-state index contributed by atoms with van der Waals surface area (Å²) in [5.74, 6) is -0.00381. The SMILES string of the molecule is CC1(C)CCC(NC(=O)c2cccc(N3CCCS3(=O)=O)c2)c2ccccc21. The molecule has 5 nitrogen and oxygen atoms in total. The Morgan fingerprint density at radius 2 is 1.93 bits per heavy atom. The maximum Gasteiger partial charge on any atom is 0.251 e. The Balaban J connectivity index is 1.58. The Hall–Kier alpha value is -2.34. The number of sulfonamides is 1. The Morgan fingerprint density at radius 1 is 1.14 bits per heavy atom. The highest BCUT2D eigenvalue weighted by molar-refractivity contribution is 7.93. The molecule has 1 N–H and O–H groups in total. The molecule has 28 heavy (non-hydrogen) atoms. The third-order valence-electron chi connectivity index (χ3n) is 5.92. The zero-order valence-corrected chi connectivity index (χ0v) is 17.1. The molecule has 6 heteroatoms. The number of amides is 1. The first-order chi connectivity index (χ1) is 13.3. The van der Waals surface area contributed by atoms with E-state index < -0.39 is 10.0 Å². The van der Waals surface area contributed by atoms with Gasteiger partial charge in [-0.05, 0) is 54.0 Å². The van der Waals surface area contributed by atoms with Gasteiger partial charge in [-0.1, -0.05) is 44.2 Å². The Bertz CT molecular complexity index is 1010. The molecule has 4 rings (SSSR count). The van der Waals surface area contributed by atoms with Crippen molar-refractivity contribution in [1.29, 1.82) is 0 Å². The van der Waals surface area contributed by atoms with Gasteiger partial charge in [0.15, 0.2) is 0 Å². The molecule has 0 saturated carbocycles. The number of carbonyl (C=O) groups excluding carboxylic acids is 1. The van der Waals surface area contributed by atoms with Crippen LogP contribution in [0, 0.1) is 0 Å². The first kappa shape index (κ1) is 19.0. The van der Waals surface area contributed by atoms with E-state index in [4.69, 9.17) is 0 Å². The molecular weight excluding hydrogens is 372 g/mol. The highest BCUT2D eigenvalue weighted by atomic mass is 32.2. The minimum Gasteiger partial charge on any atom is -0.345 e. The molecule has 1 saturated heterocycles. The number of nitrogens with zero attached hydrogens (tertiary/aromatic N) is 1. The maximum absolute atomic E-state index is 12.9. The van der Waals surface area contributed by atoms with Gasteiger partial charge in [-0.15, -0.1) is 0 Å². The third-order valence-corrected chi connectivity index (χ3v) is 7.79. The minimum absolute atomic E-state index is 0.0316. The van der Waals surface area contributed by atoms with E-state index in [0.29, 0.717) is 24.2 Å². The molecular formula is C22H26N2O3S. The van der Waals surface area contributed by atoms with Crippen molar-refractivity contribution in [3.05, 3.63) is 65.2 Å². The van der Waals surface area contributed by atoms with Crippen molar-refractivity contribution < 1.29 is 13.2 Å². The lowest BCUT2D eigenvalue weighted by molar-refractivity contribution is 0.0929. The molecule has 1 amide bonds. The summed E-state index contributed by atoms with van der Waals surface area (Å²) < 4.78 is 25.8. The van der Waals surface area contributed by atoms with Crippen LogP contribution in [0.5, 0.6) is 0 Å². The summed E-state index contributed by atoms with van der Waals surface area (Å²) in [6.07, 6.45) is 2.50. The van der Waals surface area contributed by atoms with Gasteiger partial charge in [-0.3, -0.25) is 9.10 Å². The van der Waals surface area contributed by atoms with Crippen LogP contribution in [0.15, 0.2) is 48.5 Å². The van der Waals surface area contributed by atoms with Crippen LogP contribution in [0.4, 0.5) is 5.69 Å². The molecule has 1 aliphatic heterocycles. The van der Waals surface area contributed by atoms with Gasteiger partial charge >= 0.3 is 0 Å². The first-order valence-corrected chi connectivity index (χ1v) is 11.4. The van der Waals surface area contributed by atoms with Gasteiger partial charge in [0.05, 0.1) is 17.5 Å². The van der Waals surface area contributed by atoms with E-state index in [-0.39, 0.29) is 23.1 Å². The standard InChI is InChI=1S/C22H26N2O3S/c1-22(2)12-11-20(18-9-3-4-10-19(18)22)23-21(25)16-7-5-8-17(15-16)24-13-6-14-28(24,26)27/h3-5,7-10,15,20H,6,11-14H2,1-2H3,(H,23,25). The van der Waals surface area contributed by atoms with Gasteiger partial charge in [0.1, 0.15) is 0 Å². The average molecular weight is 399 g/mol. The Labute approximate surface area is 166 Å². The number of hydrogen-bond acceptors (Lipinski definition) is 3. The van der Waals surface area contributed by atoms with Crippen molar-refractivity contribution in [1.82, 2.24) is 5.32 Å². The molecule has 1 fully saturated rings. The lowest BCUT2D eigenvalue weighted by Gasteiger charge is -2.37. The predicted molar refractivity (Wildman–Crippen MR) is 111 cm³/mol. The highest BCUT2D eigenvalue weighted by Gasteiger charge is 2.33. The molecule has 2 aliphatic rings. The topological polar surface area (TPSA) is 66.5 Å². The molecule has 1 aliphatic carbocycles. The first-order valence-electron chi connectivity index (χ1n) is 9.79. The van der Waals surface area contributed by atoms with E-state index >= 15 is 0 Å². The zero-order chi connectivity index (χ0) is 19.9. The lowest BCUT2D eigenvalue weighted by atomic mass is 9.71. The highest BCUT2D eigenvalue weighted by Crippen LogP contribution is 2.41. The van der Waals surface area contributed by atoms with Crippen LogP contribution in [-0.2, 0) is 15.4 Å². The predicted octanol–water partition coefficient (Wildman–Crippen LogP) is 3.77. The van der Waals surface area contributed by atoms with Crippen molar-refractivity contribution in [2.75, 3.05) is 16.6 Å². The summed E-state index contributed by atoms with van der Waals surface area (Å²) in [6.45, 7) is 4.95. The van der Waals surface area contributed by atoms with Gasteiger partial charge in [0.25, 0.3) is 5.91 Å². The largest absolute Gasteiger partial charge is 0.345 e. The number of hydrogen-bond donors (Lipinski definition) is 1. The number of benzene rings is 2. The molecule has 0 spiro atoms. The van der Waals surface area contributed by atoms with Gasteiger partial charge in [-0.2, -0.15) is 0 Å². The molecule has 0 radical (unpaired) electrons. The monoisotopic (exact) mass is 398 g/mol. The van der Waals surface area contributed by atoms with Crippen molar-refractivity contribution in [3.63, 3.8) is 0 Å². The molecule has 2 aromatic carbocycles. The van der Waals surface area contributed by atoms with Crippen molar-refractivity contribution in [3.8, 4) is 0 Å². The second-order valence-electron chi connectivity index (χ2n) is 8.33. The van der Waals surface area contributed by atoms with Gasteiger partial charge in [0.2, 0.25) is 10.0 Å². The van der Waals surface area contributed by atoms with Crippen LogP contribution >= 0.6 is 0 Å². The normalized spacial score (nSPS) is 22.5. The minimum atomic E-state index is -3.26. The second-order valence-corrected chi connectivity index (χ2v) is 10.3. The number of fused-ring (bicyclic) bond motifs is 1. The van der Waals surface area contributed by atoms with Crippen molar-refractivity contribution in [2.45, 2.75) is 44.6 Å². The molecule has 2 aromatic rings. The summed E-state index contributed by atoms with van der Waals surface area (Å²) in [7, 11) is -3.26. The van der Waals surface area contributed by atoms with Crippen molar-refractivity contribution >= 4 is 21.6 Å². The Morgan fingerprint density at radius 3 is 2.68 bits per heavy atom. The van der Waals surface area contributed by atoms with E-state index in [0.717, 1.165) is 12.8 Å². The second kappa shape index (κ2) is 6.92. The number of rotatable bonds is 3. The van der Waals surface area contributed by atoms with E-state index in [9.17, 15) is 13.2 Å². The van der Waals surface area contributed by atoms with Crippen LogP contribution in [-0.4, -0.2) is 26.6 Å². The fourth-order valence-electron chi connectivity index (χ4n) is 4.34. The van der Waals surface area contributed by atoms with E-state index in [1.54, 1.807) is 24.3 Å². The van der Waals surface area contributed by atoms with Crippen LogP contribution in [0.1, 0.15) is 60.6 Å². The number of carbonyl (C=O) groups is 1. The molecule has 0 aromatic heterocycles. The van der Waals surface area contributed by atoms with Gasteiger partial charge in [-0.25, -0.2) is 8.42 Å². The molecule has 1 heterocycles. The molecule has 1 unspecified atom stereocenters. The summed E-state index contributed by atoms with van der Waals surface area (Å²) in [4.78, 5) is 12.9. The summed E-state index contributed by atoms with van der Waals surface area (Å²) in [5, 5.41) is 3.16. The summed E-state index contributed by atoms with van der Waals surface area (Å²) in [6, 6.07) is 15.2. The summed E-state index contributed by atoms with van der Waals surface area (Å²) in [5.41, 5.74) is 3.60. The Kier molecular flexibility index (Phi) is 4.70. The van der Waals surface area contributed by atoms with Crippen LogP contribution in [0.2, 0.25) is 0 Å². The molecule has 0 bridgehead atoms. The smallest absolute Gasteiger partial charge is 0.251 e. The molecule has 1 atom stereocenters.